The predicted molar refractivity (Wildman–Crippen MR) is 88.0 cm³/mol. The summed E-state index contributed by atoms with van der Waals surface area (Å²) in [6.07, 6.45) is 1.60. The summed E-state index contributed by atoms with van der Waals surface area (Å²) in [6, 6.07) is 10.6. The van der Waals surface area contributed by atoms with Crippen LogP contribution < -0.4 is 0 Å². The predicted octanol–water partition coefficient (Wildman–Crippen LogP) is 2.23. The number of rotatable bonds is 6. The Bertz CT molecular complexity index is 943. The highest BCUT2D eigenvalue weighted by molar-refractivity contribution is 7.88. The number of aromatic nitrogens is 3. The molecule has 0 unspecified atom stereocenters. The van der Waals surface area contributed by atoms with Gasteiger partial charge in [0.05, 0.1) is 12.3 Å². The molecule has 130 valence electrons. The zero-order chi connectivity index (χ0) is 17.9. The summed E-state index contributed by atoms with van der Waals surface area (Å²) in [5.74, 6) is -0.210. The highest BCUT2D eigenvalue weighted by Crippen LogP contribution is 2.16. The largest absolute Gasteiger partial charge is 0.337 e. The van der Waals surface area contributed by atoms with Gasteiger partial charge in [-0.05, 0) is 29.8 Å². The van der Waals surface area contributed by atoms with E-state index in [1.165, 1.54) is 31.3 Å². The van der Waals surface area contributed by atoms with Gasteiger partial charge >= 0.3 is 0 Å². The van der Waals surface area contributed by atoms with Crippen LogP contribution in [0, 0.1) is 5.82 Å². The van der Waals surface area contributed by atoms with Gasteiger partial charge in [-0.2, -0.15) is 9.29 Å². The van der Waals surface area contributed by atoms with Gasteiger partial charge in [0, 0.05) is 13.2 Å². The molecule has 9 heteroatoms. The van der Waals surface area contributed by atoms with Crippen LogP contribution in [0.4, 0.5) is 4.39 Å². The minimum Gasteiger partial charge on any atom is -0.337 e. The Balaban J connectivity index is 1.70. The van der Waals surface area contributed by atoms with Gasteiger partial charge in [-0.25, -0.2) is 12.8 Å². The van der Waals surface area contributed by atoms with Gasteiger partial charge in [-0.3, -0.25) is 4.98 Å². The van der Waals surface area contributed by atoms with E-state index in [2.05, 4.69) is 15.1 Å². The Morgan fingerprint density at radius 2 is 1.92 bits per heavy atom. The van der Waals surface area contributed by atoms with E-state index in [0.717, 1.165) is 4.31 Å². The van der Waals surface area contributed by atoms with Crippen LogP contribution in [-0.4, -0.2) is 34.9 Å². The molecule has 0 N–H and O–H groups in total. The zero-order valence-corrected chi connectivity index (χ0v) is 14.1. The fourth-order valence-electron chi connectivity index (χ4n) is 2.11. The van der Waals surface area contributed by atoms with E-state index in [1.54, 1.807) is 24.4 Å². The summed E-state index contributed by atoms with van der Waals surface area (Å²) in [5, 5.41) is 3.80. The lowest BCUT2D eigenvalue weighted by molar-refractivity contribution is 0.336. The molecule has 3 rings (SSSR count). The van der Waals surface area contributed by atoms with Crippen molar-refractivity contribution in [3.05, 3.63) is 65.9 Å². The van der Waals surface area contributed by atoms with Gasteiger partial charge in [0.15, 0.2) is 0 Å². The molecule has 0 radical (unpaired) electrons. The molecule has 0 aliphatic rings. The summed E-state index contributed by atoms with van der Waals surface area (Å²) >= 11 is 0. The van der Waals surface area contributed by atoms with Crippen molar-refractivity contribution < 1.29 is 17.3 Å². The maximum absolute atomic E-state index is 12.9. The first-order chi connectivity index (χ1) is 11.9. The molecule has 3 aromatic rings. The Kier molecular flexibility index (Phi) is 4.86. The van der Waals surface area contributed by atoms with Crippen LogP contribution in [0.3, 0.4) is 0 Å². The first-order valence-electron chi connectivity index (χ1n) is 7.36. The van der Waals surface area contributed by atoms with E-state index in [0.29, 0.717) is 17.1 Å². The van der Waals surface area contributed by atoms with Gasteiger partial charge in [-0.1, -0.05) is 23.4 Å². The van der Waals surface area contributed by atoms with Crippen LogP contribution >= 0.6 is 0 Å². The molecule has 1 aromatic carbocycles. The number of sulfonamides is 1. The van der Waals surface area contributed by atoms with Gasteiger partial charge < -0.3 is 4.52 Å². The number of halogens is 1. The Hall–Kier alpha value is -2.65. The van der Waals surface area contributed by atoms with Crippen molar-refractivity contribution in [3.63, 3.8) is 0 Å². The molecular formula is C16H15FN4O3S. The lowest BCUT2D eigenvalue weighted by Gasteiger charge is -2.15. The van der Waals surface area contributed by atoms with Gasteiger partial charge in [0.1, 0.15) is 11.5 Å². The van der Waals surface area contributed by atoms with Crippen LogP contribution in [0.2, 0.25) is 0 Å². The van der Waals surface area contributed by atoms with E-state index >= 15 is 0 Å². The second-order valence-corrected chi connectivity index (χ2v) is 7.44. The molecule has 0 atom stereocenters. The third-order valence-electron chi connectivity index (χ3n) is 3.46. The monoisotopic (exact) mass is 362 g/mol. The Morgan fingerprint density at radius 3 is 2.60 bits per heavy atom. The van der Waals surface area contributed by atoms with Crippen molar-refractivity contribution in [2.75, 3.05) is 7.05 Å². The summed E-state index contributed by atoms with van der Waals surface area (Å²) < 4.78 is 43.9. The SMILES string of the molecule is CN(Cc1nc(-c2ccccn2)no1)S(=O)(=O)Cc1ccc(F)cc1. The molecule has 2 aromatic heterocycles. The highest BCUT2D eigenvalue weighted by Gasteiger charge is 2.21. The van der Waals surface area contributed by atoms with Crippen LogP contribution in [-0.2, 0) is 22.3 Å². The van der Waals surface area contributed by atoms with Crippen LogP contribution in [0.15, 0.2) is 53.2 Å². The molecule has 0 aliphatic heterocycles. The number of benzene rings is 1. The second kappa shape index (κ2) is 7.08. The second-order valence-electron chi connectivity index (χ2n) is 5.37. The molecule has 2 heterocycles. The van der Waals surface area contributed by atoms with Crippen molar-refractivity contribution in [3.8, 4) is 11.5 Å². The van der Waals surface area contributed by atoms with Gasteiger partial charge in [0.25, 0.3) is 0 Å². The highest BCUT2D eigenvalue weighted by atomic mass is 32.2. The third-order valence-corrected chi connectivity index (χ3v) is 5.23. The molecular weight excluding hydrogens is 347 g/mol. The van der Waals surface area contributed by atoms with Crippen molar-refractivity contribution >= 4 is 10.0 Å². The standard InChI is InChI=1S/C16H15FN4O3S/c1-21(25(22,23)11-12-5-7-13(17)8-6-12)10-15-19-16(20-24-15)14-4-2-3-9-18-14/h2-9H,10-11H2,1H3. The lowest BCUT2D eigenvalue weighted by atomic mass is 10.2. The molecule has 0 amide bonds. The van der Waals surface area contributed by atoms with Crippen molar-refractivity contribution in [2.24, 2.45) is 0 Å². The van der Waals surface area contributed by atoms with E-state index in [-0.39, 0.29) is 18.2 Å². The quantitative estimate of drug-likeness (QED) is 0.668. The van der Waals surface area contributed by atoms with Crippen LogP contribution in [0.1, 0.15) is 11.5 Å². The molecule has 0 aliphatic carbocycles. The van der Waals surface area contributed by atoms with E-state index < -0.39 is 15.8 Å². The summed E-state index contributed by atoms with van der Waals surface area (Å²) in [6.45, 7) is -0.0661. The number of nitrogens with zero attached hydrogens (tertiary/aromatic N) is 4. The van der Waals surface area contributed by atoms with E-state index in [4.69, 9.17) is 4.52 Å². The molecule has 25 heavy (non-hydrogen) atoms. The zero-order valence-electron chi connectivity index (χ0n) is 13.3. The Labute approximate surface area is 144 Å². The Morgan fingerprint density at radius 1 is 1.16 bits per heavy atom. The van der Waals surface area contributed by atoms with Gasteiger partial charge in [0.2, 0.25) is 21.7 Å². The lowest BCUT2D eigenvalue weighted by Crippen LogP contribution is -2.27. The maximum Gasteiger partial charge on any atom is 0.242 e. The minimum absolute atomic E-state index is 0.0661. The number of hydrogen-bond acceptors (Lipinski definition) is 6. The van der Waals surface area contributed by atoms with Crippen LogP contribution in [0.5, 0.6) is 0 Å². The van der Waals surface area contributed by atoms with Crippen molar-refractivity contribution in [2.45, 2.75) is 12.3 Å². The molecule has 0 bridgehead atoms. The van der Waals surface area contributed by atoms with Crippen molar-refractivity contribution in [1.29, 1.82) is 0 Å². The maximum atomic E-state index is 12.9. The average Bonchev–Trinajstić information content (AvgIpc) is 3.06. The first-order valence-corrected chi connectivity index (χ1v) is 8.97. The molecule has 0 spiro atoms. The molecule has 0 saturated heterocycles. The molecule has 0 saturated carbocycles. The average molecular weight is 362 g/mol. The van der Waals surface area contributed by atoms with E-state index in [1.807, 2.05) is 0 Å². The number of hydrogen-bond donors (Lipinski definition) is 0. The fraction of sp³-hybridized carbons (Fsp3) is 0.188. The molecule has 0 fully saturated rings. The van der Waals surface area contributed by atoms with Crippen LogP contribution in [0.25, 0.3) is 11.5 Å². The van der Waals surface area contributed by atoms with Gasteiger partial charge in [-0.15, -0.1) is 0 Å². The third kappa shape index (κ3) is 4.25. The normalized spacial score (nSPS) is 11.8. The van der Waals surface area contributed by atoms with Crippen molar-refractivity contribution in [1.82, 2.24) is 19.4 Å². The summed E-state index contributed by atoms with van der Waals surface area (Å²) in [4.78, 5) is 8.26. The summed E-state index contributed by atoms with van der Waals surface area (Å²) in [7, 11) is -2.19. The number of pyridine rings is 1. The summed E-state index contributed by atoms with van der Waals surface area (Å²) in [5.41, 5.74) is 1.03. The fourth-order valence-corrected chi connectivity index (χ4v) is 3.25. The minimum atomic E-state index is -3.61. The first kappa shape index (κ1) is 17.2. The smallest absolute Gasteiger partial charge is 0.242 e. The molecule has 7 nitrogen and oxygen atoms in total. The topological polar surface area (TPSA) is 89.2 Å². The van der Waals surface area contributed by atoms with E-state index in [9.17, 15) is 12.8 Å².